The molecule has 0 N–H and O–H groups in total. The Labute approximate surface area is 319 Å². The van der Waals surface area contributed by atoms with Crippen LogP contribution in [0.4, 0.5) is 0 Å². The number of hydrogen-bond donors (Lipinski definition) is 0. The fourth-order valence-corrected chi connectivity index (χ4v) is 8.26. The molecule has 0 saturated heterocycles. The van der Waals surface area contributed by atoms with Crippen molar-refractivity contribution in [2.75, 3.05) is 0 Å². The second-order valence-corrected chi connectivity index (χ2v) is 15.8. The van der Waals surface area contributed by atoms with Gasteiger partial charge in [-0.2, -0.15) is 0 Å². The van der Waals surface area contributed by atoms with Crippen LogP contribution in [0.1, 0.15) is 60.9 Å². The molecule has 262 valence electrons. The van der Waals surface area contributed by atoms with Gasteiger partial charge < -0.3 is 4.57 Å². The summed E-state index contributed by atoms with van der Waals surface area (Å²) in [5.41, 5.74) is 18.0. The predicted octanol–water partition coefficient (Wildman–Crippen LogP) is 14.2. The average Bonchev–Trinajstić information content (AvgIpc) is 3.49. The number of hydrogen-bond acceptors (Lipinski definition) is 0. The van der Waals surface area contributed by atoms with E-state index in [2.05, 4.69) is 213 Å². The van der Waals surface area contributed by atoms with Gasteiger partial charge in [0.2, 0.25) is 0 Å². The molecule has 1 atom stereocenters. The highest BCUT2D eigenvalue weighted by Crippen LogP contribution is 2.42. The number of aromatic nitrogens is 1. The van der Waals surface area contributed by atoms with Crippen molar-refractivity contribution in [1.82, 2.24) is 4.57 Å². The SMILES string of the molecule is CC(C)(C)c1ccc(-n2c(-c3ccccc3)cc3ccc(-c4ccc5c(c4)CCC(c4ccc(-c6ccccc6)cc4)C(c4ccccc4)=C5)cc32)cc1. The molecule has 9 rings (SSSR count). The first-order valence-corrected chi connectivity index (χ1v) is 19.3. The van der Waals surface area contributed by atoms with Gasteiger partial charge in [0.05, 0.1) is 11.2 Å². The third kappa shape index (κ3) is 6.52. The van der Waals surface area contributed by atoms with Gasteiger partial charge in [0, 0.05) is 17.0 Å². The molecule has 1 unspecified atom stereocenters. The van der Waals surface area contributed by atoms with Crippen molar-refractivity contribution in [3.05, 3.63) is 210 Å². The molecule has 1 heterocycles. The summed E-state index contributed by atoms with van der Waals surface area (Å²) in [6, 6.07) is 67.2. The molecule has 0 saturated carbocycles. The summed E-state index contributed by atoms with van der Waals surface area (Å²) in [5, 5.41) is 1.24. The first kappa shape index (κ1) is 33.6. The summed E-state index contributed by atoms with van der Waals surface area (Å²) in [4.78, 5) is 0. The van der Waals surface area contributed by atoms with E-state index >= 15 is 0 Å². The Balaban J connectivity index is 1.10. The van der Waals surface area contributed by atoms with E-state index in [9.17, 15) is 0 Å². The molecule has 1 aromatic heterocycles. The van der Waals surface area contributed by atoms with E-state index in [4.69, 9.17) is 0 Å². The molecule has 1 aliphatic rings. The van der Waals surface area contributed by atoms with Gasteiger partial charge in [-0.25, -0.2) is 0 Å². The average molecular weight is 696 g/mol. The zero-order valence-electron chi connectivity index (χ0n) is 31.3. The van der Waals surface area contributed by atoms with Gasteiger partial charge in [-0.3, -0.25) is 0 Å². The van der Waals surface area contributed by atoms with Crippen molar-refractivity contribution in [1.29, 1.82) is 0 Å². The maximum Gasteiger partial charge on any atom is 0.0541 e. The third-order valence-corrected chi connectivity index (χ3v) is 11.3. The Kier molecular flexibility index (Phi) is 8.72. The zero-order chi connectivity index (χ0) is 36.6. The lowest BCUT2D eigenvalue weighted by molar-refractivity contribution is 0.590. The van der Waals surface area contributed by atoms with Crippen molar-refractivity contribution in [3.8, 4) is 39.2 Å². The van der Waals surface area contributed by atoms with Crippen LogP contribution in [0.2, 0.25) is 0 Å². The molecule has 7 aromatic carbocycles. The summed E-state index contributed by atoms with van der Waals surface area (Å²) in [5.74, 6) is 0.300. The van der Waals surface area contributed by atoms with Gasteiger partial charge in [0.1, 0.15) is 0 Å². The fourth-order valence-electron chi connectivity index (χ4n) is 8.26. The highest BCUT2D eigenvalue weighted by molar-refractivity contribution is 5.93. The van der Waals surface area contributed by atoms with Crippen LogP contribution in [0.25, 0.3) is 61.8 Å². The molecular weight excluding hydrogens is 651 g/mol. The number of fused-ring (bicyclic) bond motifs is 2. The summed E-state index contributed by atoms with van der Waals surface area (Å²) in [6.07, 6.45) is 4.52. The van der Waals surface area contributed by atoms with Crippen LogP contribution < -0.4 is 0 Å². The van der Waals surface area contributed by atoms with E-state index in [1.54, 1.807) is 0 Å². The van der Waals surface area contributed by atoms with Crippen LogP contribution >= 0.6 is 0 Å². The second-order valence-electron chi connectivity index (χ2n) is 15.8. The van der Waals surface area contributed by atoms with E-state index < -0.39 is 0 Å². The predicted molar refractivity (Wildman–Crippen MR) is 230 cm³/mol. The number of allylic oxidation sites excluding steroid dienone is 1. The first-order valence-electron chi connectivity index (χ1n) is 19.3. The summed E-state index contributed by atoms with van der Waals surface area (Å²) >= 11 is 0. The van der Waals surface area contributed by atoms with Gasteiger partial charge in [-0.15, -0.1) is 0 Å². The number of aryl methyl sites for hydroxylation is 1. The highest BCUT2D eigenvalue weighted by Gasteiger charge is 2.23. The van der Waals surface area contributed by atoms with E-state index in [0.29, 0.717) is 5.92 Å². The van der Waals surface area contributed by atoms with Crippen LogP contribution in [0.15, 0.2) is 182 Å². The molecule has 0 aliphatic heterocycles. The lowest BCUT2D eigenvalue weighted by Crippen LogP contribution is -2.10. The second kappa shape index (κ2) is 14.0. The number of nitrogens with zero attached hydrogens (tertiary/aromatic N) is 1. The van der Waals surface area contributed by atoms with Crippen LogP contribution in [-0.2, 0) is 11.8 Å². The lowest BCUT2D eigenvalue weighted by atomic mass is 9.83. The van der Waals surface area contributed by atoms with E-state index in [1.165, 1.54) is 83.5 Å². The fraction of sp³-hybridized carbons (Fsp3) is 0.132. The quantitative estimate of drug-likeness (QED) is 0.163. The minimum absolute atomic E-state index is 0.0993. The summed E-state index contributed by atoms with van der Waals surface area (Å²) in [7, 11) is 0. The topological polar surface area (TPSA) is 4.93 Å². The lowest BCUT2D eigenvalue weighted by Gasteiger charge is -2.20. The monoisotopic (exact) mass is 695 g/mol. The molecule has 1 heteroatoms. The van der Waals surface area contributed by atoms with Gasteiger partial charge >= 0.3 is 0 Å². The Bertz CT molecular complexity index is 2580. The van der Waals surface area contributed by atoms with Crippen LogP contribution in [0.3, 0.4) is 0 Å². The Morgan fingerprint density at radius 1 is 0.500 bits per heavy atom. The van der Waals surface area contributed by atoms with Crippen molar-refractivity contribution in [2.24, 2.45) is 0 Å². The molecule has 0 spiro atoms. The third-order valence-electron chi connectivity index (χ3n) is 11.3. The molecule has 0 bridgehead atoms. The van der Waals surface area contributed by atoms with Gasteiger partial charge in [-0.1, -0.05) is 185 Å². The smallest absolute Gasteiger partial charge is 0.0541 e. The Morgan fingerprint density at radius 2 is 1.07 bits per heavy atom. The van der Waals surface area contributed by atoms with E-state index in [1.807, 2.05) is 0 Å². The maximum atomic E-state index is 2.46. The van der Waals surface area contributed by atoms with Gasteiger partial charge in [0.25, 0.3) is 0 Å². The molecule has 1 aliphatic carbocycles. The first-order chi connectivity index (χ1) is 26.4. The molecule has 0 amide bonds. The minimum Gasteiger partial charge on any atom is -0.309 e. The van der Waals surface area contributed by atoms with Crippen molar-refractivity contribution >= 4 is 22.6 Å². The molecule has 0 fully saturated rings. The standard InChI is InChI=1S/C53H45N/c1-53(2,3)47-28-30-48(31-29-47)54-51(41-17-11-6-12-18-41)36-46-26-25-45(35-52(46)54)42-23-24-44-34-50(39-15-9-5-10-16-39)49(32-27-43(44)33-42)40-21-19-38(20-22-40)37-13-7-4-8-14-37/h4-26,28-31,33-36,49H,27,32H2,1-3H3. The maximum absolute atomic E-state index is 2.46. The van der Waals surface area contributed by atoms with Crippen LogP contribution in [0.5, 0.6) is 0 Å². The Morgan fingerprint density at radius 3 is 1.74 bits per heavy atom. The normalized spacial score (nSPS) is 14.4. The van der Waals surface area contributed by atoms with E-state index in [0.717, 1.165) is 12.8 Å². The molecule has 1 nitrogen and oxygen atoms in total. The van der Waals surface area contributed by atoms with Gasteiger partial charge in [-0.05, 0) is 104 Å². The number of benzene rings is 7. The molecule has 54 heavy (non-hydrogen) atoms. The molecule has 0 radical (unpaired) electrons. The molecular formula is C53H45N. The van der Waals surface area contributed by atoms with Crippen LogP contribution in [0, 0.1) is 0 Å². The molecule has 8 aromatic rings. The van der Waals surface area contributed by atoms with Crippen LogP contribution in [-0.4, -0.2) is 4.57 Å². The van der Waals surface area contributed by atoms with Crippen molar-refractivity contribution in [3.63, 3.8) is 0 Å². The summed E-state index contributed by atoms with van der Waals surface area (Å²) in [6.45, 7) is 6.82. The minimum atomic E-state index is 0.0993. The van der Waals surface area contributed by atoms with E-state index in [-0.39, 0.29) is 5.41 Å². The summed E-state index contributed by atoms with van der Waals surface area (Å²) < 4.78 is 2.44. The zero-order valence-corrected chi connectivity index (χ0v) is 31.3. The Hall–Kier alpha value is -6.18. The van der Waals surface area contributed by atoms with Gasteiger partial charge in [0.15, 0.2) is 0 Å². The highest BCUT2D eigenvalue weighted by atomic mass is 15.0. The van der Waals surface area contributed by atoms with Crippen molar-refractivity contribution < 1.29 is 0 Å². The largest absolute Gasteiger partial charge is 0.309 e. The number of rotatable bonds is 6. The van der Waals surface area contributed by atoms with Crippen molar-refractivity contribution in [2.45, 2.75) is 44.9 Å².